The maximum absolute atomic E-state index is 12.8. The van der Waals surface area contributed by atoms with Crippen LogP contribution in [0.1, 0.15) is 18.3 Å². The Balaban J connectivity index is 2.06. The average molecular weight is 413 g/mol. The smallest absolute Gasteiger partial charge is 0.403 e. The lowest BCUT2D eigenvalue weighted by Crippen LogP contribution is -2.39. The van der Waals surface area contributed by atoms with Gasteiger partial charge in [-0.05, 0) is 26.0 Å². The molecule has 0 amide bonds. The van der Waals surface area contributed by atoms with Gasteiger partial charge in [0.05, 0.1) is 29.5 Å². The van der Waals surface area contributed by atoms with Gasteiger partial charge >= 0.3 is 6.18 Å². The van der Waals surface area contributed by atoms with Crippen LogP contribution >= 0.6 is 11.6 Å². The van der Waals surface area contributed by atoms with Crippen LogP contribution in [-0.4, -0.2) is 33.9 Å². The molecule has 0 spiro atoms. The molecule has 3 aromatic rings. The summed E-state index contributed by atoms with van der Waals surface area (Å²) in [5.41, 5.74) is 2.76. The number of ether oxygens (including phenoxy) is 1. The summed E-state index contributed by atoms with van der Waals surface area (Å²) in [5, 5.41) is 3.38. The van der Waals surface area contributed by atoms with Crippen molar-refractivity contribution in [2.45, 2.75) is 32.6 Å². The summed E-state index contributed by atoms with van der Waals surface area (Å²) in [6, 6.07) is 3.87. The first kappa shape index (κ1) is 20.4. The molecule has 0 saturated heterocycles. The fourth-order valence-electron chi connectivity index (χ4n) is 2.87. The number of aromatic nitrogens is 3. The Morgan fingerprint density at radius 1 is 1.32 bits per heavy atom. The second kappa shape index (κ2) is 7.60. The number of pyridine rings is 1. The van der Waals surface area contributed by atoms with Gasteiger partial charge in [-0.2, -0.15) is 13.2 Å². The highest BCUT2D eigenvalue weighted by atomic mass is 35.5. The molecule has 28 heavy (non-hydrogen) atoms. The predicted molar refractivity (Wildman–Crippen MR) is 103 cm³/mol. The highest BCUT2D eigenvalue weighted by Crippen LogP contribution is 2.35. The minimum atomic E-state index is -4.35. The third kappa shape index (κ3) is 3.79. The fraction of sp³-hybridized carbons (Fsp3) is 0.368. The van der Waals surface area contributed by atoms with Crippen LogP contribution in [-0.2, 0) is 13.6 Å². The van der Waals surface area contributed by atoms with Gasteiger partial charge in [-0.25, -0.2) is 9.97 Å². The number of rotatable bonds is 5. The van der Waals surface area contributed by atoms with Crippen molar-refractivity contribution in [2.75, 3.05) is 7.11 Å². The van der Waals surface area contributed by atoms with Gasteiger partial charge in [0.25, 0.3) is 0 Å². The topological polar surface area (TPSA) is 52.0 Å². The van der Waals surface area contributed by atoms with Gasteiger partial charge in [0, 0.05) is 30.1 Å². The first-order valence-electron chi connectivity index (χ1n) is 8.58. The Hall–Kier alpha value is -2.32. The van der Waals surface area contributed by atoms with Crippen molar-refractivity contribution in [3.63, 3.8) is 0 Å². The molecule has 0 fully saturated rings. The Labute approximate surface area is 165 Å². The van der Waals surface area contributed by atoms with Crippen LogP contribution in [0.25, 0.3) is 22.2 Å². The largest absolute Gasteiger partial charge is 0.481 e. The highest BCUT2D eigenvalue weighted by Gasteiger charge is 2.35. The molecule has 1 atom stereocenters. The average Bonchev–Trinajstić information content (AvgIpc) is 2.98. The van der Waals surface area contributed by atoms with Gasteiger partial charge in [0.2, 0.25) is 5.88 Å². The van der Waals surface area contributed by atoms with Gasteiger partial charge in [0.1, 0.15) is 11.9 Å². The molecule has 0 radical (unpaired) electrons. The summed E-state index contributed by atoms with van der Waals surface area (Å²) >= 11 is 6.56. The lowest BCUT2D eigenvalue weighted by atomic mass is 10.1. The molecule has 150 valence electrons. The van der Waals surface area contributed by atoms with Crippen molar-refractivity contribution in [3.05, 3.63) is 40.8 Å². The second-order valence-electron chi connectivity index (χ2n) is 6.54. The van der Waals surface area contributed by atoms with Gasteiger partial charge in [0.15, 0.2) is 0 Å². The van der Waals surface area contributed by atoms with Gasteiger partial charge in [-0.15, -0.1) is 0 Å². The number of nitrogens with zero attached hydrogens (tertiary/aromatic N) is 3. The van der Waals surface area contributed by atoms with Gasteiger partial charge in [-0.1, -0.05) is 17.7 Å². The Kier molecular flexibility index (Phi) is 5.54. The van der Waals surface area contributed by atoms with Crippen molar-refractivity contribution >= 4 is 22.5 Å². The Bertz CT molecular complexity index is 1020. The van der Waals surface area contributed by atoms with Gasteiger partial charge in [-0.3, -0.25) is 0 Å². The van der Waals surface area contributed by atoms with Crippen LogP contribution in [0.2, 0.25) is 5.02 Å². The van der Waals surface area contributed by atoms with E-state index in [1.54, 1.807) is 12.3 Å². The number of nitrogens with one attached hydrogen (secondary N) is 1. The number of aryl methyl sites for hydroxylation is 1. The standard InChI is InChI=1S/C19H20ClF3N4O/c1-10(19(21,22)23)24-8-14-17(20)13-7-12(16-9-25-11(2)27(16)3)5-6-15(13)26-18(14)28-4/h5-7,9-10,24H,8H2,1-4H3/t10-/m1/s1. The molecule has 2 heterocycles. The first-order valence-corrected chi connectivity index (χ1v) is 8.96. The van der Waals surface area contributed by atoms with Crippen LogP contribution in [0.5, 0.6) is 5.88 Å². The van der Waals surface area contributed by atoms with Crippen molar-refractivity contribution in [1.82, 2.24) is 19.9 Å². The van der Waals surface area contributed by atoms with E-state index in [4.69, 9.17) is 16.3 Å². The van der Waals surface area contributed by atoms with Gasteiger partial charge < -0.3 is 14.6 Å². The molecule has 0 aliphatic carbocycles. The fourth-order valence-corrected chi connectivity index (χ4v) is 3.16. The summed E-state index contributed by atoms with van der Waals surface area (Å²) in [4.78, 5) is 8.70. The molecule has 0 bridgehead atoms. The van der Waals surface area contributed by atoms with Crippen molar-refractivity contribution in [2.24, 2.45) is 7.05 Å². The van der Waals surface area contributed by atoms with Crippen molar-refractivity contribution < 1.29 is 17.9 Å². The monoisotopic (exact) mass is 412 g/mol. The molecule has 0 aliphatic heterocycles. The third-order valence-electron chi connectivity index (χ3n) is 4.76. The molecule has 1 aromatic carbocycles. The van der Waals surface area contributed by atoms with E-state index in [1.807, 2.05) is 30.7 Å². The van der Waals surface area contributed by atoms with Crippen LogP contribution < -0.4 is 10.1 Å². The summed E-state index contributed by atoms with van der Waals surface area (Å²) in [5.74, 6) is 1.06. The summed E-state index contributed by atoms with van der Waals surface area (Å²) in [6.07, 6.45) is -2.59. The number of benzene rings is 1. The quantitative estimate of drug-likeness (QED) is 0.663. The zero-order chi connectivity index (χ0) is 20.6. The molecular weight excluding hydrogens is 393 g/mol. The Morgan fingerprint density at radius 3 is 2.61 bits per heavy atom. The lowest BCUT2D eigenvalue weighted by Gasteiger charge is -2.19. The van der Waals surface area contributed by atoms with E-state index in [2.05, 4.69) is 15.3 Å². The first-order chi connectivity index (χ1) is 13.1. The SMILES string of the molecule is COc1nc2ccc(-c3cnc(C)n3C)cc2c(Cl)c1CN[C@H](C)C(F)(F)F. The highest BCUT2D eigenvalue weighted by molar-refractivity contribution is 6.36. The second-order valence-corrected chi connectivity index (χ2v) is 6.92. The number of halogens is 4. The van der Waals surface area contributed by atoms with Crippen LogP contribution in [0.4, 0.5) is 13.2 Å². The normalized spacial score (nSPS) is 13.1. The minimum absolute atomic E-state index is 0.124. The Morgan fingerprint density at radius 2 is 2.04 bits per heavy atom. The van der Waals surface area contributed by atoms with E-state index in [0.29, 0.717) is 21.5 Å². The summed E-state index contributed by atoms with van der Waals surface area (Å²) in [6.45, 7) is 2.83. The molecule has 9 heteroatoms. The van der Waals surface area contributed by atoms with E-state index >= 15 is 0 Å². The van der Waals surface area contributed by atoms with E-state index in [0.717, 1.165) is 24.0 Å². The molecular formula is C19H20ClF3N4O. The number of imidazole rings is 1. The zero-order valence-electron chi connectivity index (χ0n) is 15.9. The maximum Gasteiger partial charge on any atom is 0.403 e. The van der Waals surface area contributed by atoms with E-state index in [9.17, 15) is 13.2 Å². The summed E-state index contributed by atoms with van der Waals surface area (Å²) in [7, 11) is 3.32. The predicted octanol–water partition coefficient (Wildman–Crippen LogP) is 4.65. The maximum atomic E-state index is 12.8. The summed E-state index contributed by atoms with van der Waals surface area (Å²) < 4.78 is 45.7. The zero-order valence-corrected chi connectivity index (χ0v) is 16.6. The molecule has 0 saturated carbocycles. The minimum Gasteiger partial charge on any atom is -0.481 e. The molecule has 0 unspecified atom stereocenters. The van der Waals surface area contributed by atoms with E-state index in [-0.39, 0.29) is 12.4 Å². The third-order valence-corrected chi connectivity index (χ3v) is 5.20. The van der Waals surface area contributed by atoms with E-state index in [1.165, 1.54) is 7.11 Å². The number of fused-ring (bicyclic) bond motifs is 1. The number of hydrogen-bond donors (Lipinski definition) is 1. The van der Waals surface area contributed by atoms with Crippen LogP contribution in [0, 0.1) is 6.92 Å². The molecule has 2 aromatic heterocycles. The van der Waals surface area contributed by atoms with E-state index < -0.39 is 12.2 Å². The number of methoxy groups -OCH3 is 1. The van der Waals surface area contributed by atoms with Crippen LogP contribution in [0.3, 0.4) is 0 Å². The molecule has 0 aliphatic rings. The molecule has 3 rings (SSSR count). The molecule has 1 N–H and O–H groups in total. The van der Waals surface area contributed by atoms with Crippen molar-refractivity contribution in [3.8, 4) is 17.1 Å². The van der Waals surface area contributed by atoms with Crippen molar-refractivity contribution in [1.29, 1.82) is 0 Å². The lowest BCUT2D eigenvalue weighted by molar-refractivity contribution is -0.151. The number of alkyl halides is 3. The van der Waals surface area contributed by atoms with Crippen LogP contribution in [0.15, 0.2) is 24.4 Å². The molecule has 5 nitrogen and oxygen atoms in total. The number of hydrogen-bond acceptors (Lipinski definition) is 4.